The second-order valence-corrected chi connectivity index (χ2v) is 4.70. The average molecular weight is 259 g/mol. The lowest BCUT2D eigenvalue weighted by Gasteiger charge is -2.03. The summed E-state index contributed by atoms with van der Waals surface area (Å²) in [5.41, 5.74) is 0.779. The van der Waals surface area contributed by atoms with Gasteiger partial charge in [-0.1, -0.05) is 22.9 Å². The van der Waals surface area contributed by atoms with Gasteiger partial charge in [-0.05, 0) is 30.4 Å². The van der Waals surface area contributed by atoms with E-state index < -0.39 is 0 Å². The fourth-order valence-corrected chi connectivity index (χ4v) is 2.37. The lowest BCUT2D eigenvalue weighted by molar-refractivity contribution is 0.112. The zero-order valence-electron chi connectivity index (χ0n) is 7.42. The molecule has 0 fully saturated rings. The first-order valence-corrected chi connectivity index (χ1v) is 5.93. The highest BCUT2D eigenvalue weighted by Gasteiger charge is 2.01. The number of hydrogen-bond acceptors (Lipinski definition) is 2. The third-order valence-corrected chi connectivity index (χ3v) is 3.33. The van der Waals surface area contributed by atoms with Gasteiger partial charge in [0, 0.05) is 14.9 Å². The van der Waals surface area contributed by atoms with Gasteiger partial charge in [0.1, 0.15) is 0 Å². The van der Waals surface area contributed by atoms with Crippen LogP contribution in [0.4, 0.5) is 0 Å². The van der Waals surface area contributed by atoms with Crippen molar-refractivity contribution in [2.45, 2.75) is 18.2 Å². The summed E-state index contributed by atoms with van der Waals surface area (Å²) in [4.78, 5) is 11.7. The van der Waals surface area contributed by atoms with Crippen LogP contribution in [0, 0.1) is 0 Å². The molecule has 0 radical (unpaired) electrons. The van der Waals surface area contributed by atoms with Crippen LogP contribution in [-0.2, 0) is 0 Å². The summed E-state index contributed by atoms with van der Waals surface area (Å²) in [5, 5.41) is 0. The van der Waals surface area contributed by atoms with Gasteiger partial charge >= 0.3 is 0 Å². The van der Waals surface area contributed by atoms with E-state index in [1.54, 1.807) is 11.8 Å². The summed E-state index contributed by atoms with van der Waals surface area (Å²) in [5.74, 6) is 1.05. The number of hydrogen-bond donors (Lipinski definition) is 0. The molecule has 0 bridgehead atoms. The number of halogens is 1. The van der Waals surface area contributed by atoms with Crippen molar-refractivity contribution in [2.24, 2.45) is 0 Å². The molecule has 70 valence electrons. The molecule has 0 aliphatic heterocycles. The Bertz CT molecular complexity index is 299. The number of thioether (sulfide) groups is 1. The normalized spacial score (nSPS) is 10.0. The zero-order chi connectivity index (χ0) is 9.68. The Kier molecular flexibility index (Phi) is 4.53. The molecule has 13 heavy (non-hydrogen) atoms. The highest BCUT2D eigenvalue weighted by atomic mass is 79.9. The molecule has 0 saturated heterocycles. The summed E-state index contributed by atoms with van der Waals surface area (Å²) >= 11 is 5.11. The van der Waals surface area contributed by atoms with Crippen molar-refractivity contribution in [3.05, 3.63) is 28.2 Å². The summed E-state index contributed by atoms with van der Waals surface area (Å²) in [6, 6.07) is 5.72. The van der Waals surface area contributed by atoms with Crippen LogP contribution in [0.2, 0.25) is 0 Å². The maximum Gasteiger partial charge on any atom is 0.151 e. The number of benzene rings is 1. The van der Waals surface area contributed by atoms with Crippen molar-refractivity contribution < 1.29 is 4.79 Å². The molecule has 0 aliphatic rings. The highest BCUT2D eigenvalue weighted by Crippen LogP contribution is 2.25. The molecule has 0 amide bonds. The number of carbonyl (C=O) groups is 1. The zero-order valence-corrected chi connectivity index (χ0v) is 9.82. The average Bonchev–Trinajstić information content (AvgIpc) is 2.15. The fourth-order valence-electron chi connectivity index (χ4n) is 0.943. The first-order chi connectivity index (χ1) is 6.27. The van der Waals surface area contributed by atoms with E-state index in [9.17, 15) is 4.79 Å². The molecule has 0 spiro atoms. The van der Waals surface area contributed by atoms with Gasteiger partial charge in [0.25, 0.3) is 0 Å². The maximum atomic E-state index is 10.7. The van der Waals surface area contributed by atoms with E-state index in [0.717, 1.165) is 33.4 Å². The summed E-state index contributed by atoms with van der Waals surface area (Å²) in [7, 11) is 0. The Hall–Kier alpha value is -0.280. The molecule has 0 saturated carbocycles. The predicted molar refractivity (Wildman–Crippen MR) is 60.5 cm³/mol. The molecule has 0 unspecified atom stereocenters. The Labute approximate surface area is 91.0 Å². The van der Waals surface area contributed by atoms with Crippen LogP contribution >= 0.6 is 27.7 Å². The molecule has 1 aromatic carbocycles. The maximum absolute atomic E-state index is 10.7. The Morgan fingerprint density at radius 3 is 2.92 bits per heavy atom. The van der Waals surface area contributed by atoms with Crippen molar-refractivity contribution in [1.29, 1.82) is 0 Å². The first-order valence-electron chi connectivity index (χ1n) is 4.15. The quantitative estimate of drug-likeness (QED) is 0.605. The van der Waals surface area contributed by atoms with Gasteiger partial charge in [0.15, 0.2) is 6.29 Å². The van der Waals surface area contributed by atoms with Crippen LogP contribution in [0.25, 0.3) is 0 Å². The largest absolute Gasteiger partial charge is 0.298 e. The van der Waals surface area contributed by atoms with E-state index in [0.29, 0.717) is 0 Å². The molecule has 0 atom stereocenters. The Balaban J connectivity index is 2.87. The number of rotatable bonds is 4. The minimum absolute atomic E-state index is 0.779. The third kappa shape index (κ3) is 3.16. The Morgan fingerprint density at radius 2 is 2.31 bits per heavy atom. The summed E-state index contributed by atoms with van der Waals surface area (Å²) in [6.45, 7) is 2.13. The first kappa shape index (κ1) is 10.8. The molecule has 1 nitrogen and oxygen atoms in total. The molecule has 1 rings (SSSR count). The number of carbonyl (C=O) groups excluding carboxylic acids is 1. The van der Waals surface area contributed by atoms with Gasteiger partial charge in [-0.3, -0.25) is 4.79 Å². The second kappa shape index (κ2) is 5.45. The van der Waals surface area contributed by atoms with Gasteiger partial charge in [-0.15, -0.1) is 11.8 Å². The lowest BCUT2D eigenvalue weighted by atomic mass is 10.2. The van der Waals surface area contributed by atoms with Gasteiger partial charge in [-0.2, -0.15) is 0 Å². The second-order valence-electron chi connectivity index (χ2n) is 2.65. The molecule has 0 heterocycles. The molecule has 0 N–H and O–H groups in total. The van der Waals surface area contributed by atoms with Crippen molar-refractivity contribution >= 4 is 34.0 Å². The third-order valence-electron chi connectivity index (χ3n) is 1.56. The molecular weight excluding hydrogens is 248 g/mol. The van der Waals surface area contributed by atoms with Crippen molar-refractivity contribution in [3.8, 4) is 0 Å². The predicted octanol–water partition coefficient (Wildman–Crippen LogP) is 3.76. The minimum atomic E-state index is 0.779. The van der Waals surface area contributed by atoms with Crippen LogP contribution in [0.3, 0.4) is 0 Å². The minimum Gasteiger partial charge on any atom is -0.298 e. The van der Waals surface area contributed by atoms with Crippen LogP contribution in [0.1, 0.15) is 23.7 Å². The number of aldehydes is 1. The smallest absolute Gasteiger partial charge is 0.151 e. The molecule has 0 aliphatic carbocycles. The Morgan fingerprint density at radius 1 is 1.54 bits per heavy atom. The SMILES string of the molecule is CCCSc1cc(Br)ccc1C=O. The van der Waals surface area contributed by atoms with Gasteiger partial charge in [-0.25, -0.2) is 0 Å². The van der Waals surface area contributed by atoms with Crippen LogP contribution < -0.4 is 0 Å². The van der Waals surface area contributed by atoms with Gasteiger partial charge in [0.2, 0.25) is 0 Å². The highest BCUT2D eigenvalue weighted by molar-refractivity contribution is 9.10. The van der Waals surface area contributed by atoms with E-state index in [2.05, 4.69) is 22.9 Å². The molecular formula is C10H11BrOS. The van der Waals surface area contributed by atoms with E-state index in [-0.39, 0.29) is 0 Å². The monoisotopic (exact) mass is 258 g/mol. The van der Waals surface area contributed by atoms with Gasteiger partial charge < -0.3 is 0 Å². The van der Waals surface area contributed by atoms with Crippen molar-refractivity contribution in [3.63, 3.8) is 0 Å². The van der Waals surface area contributed by atoms with E-state index >= 15 is 0 Å². The summed E-state index contributed by atoms with van der Waals surface area (Å²) < 4.78 is 1.02. The topological polar surface area (TPSA) is 17.1 Å². The van der Waals surface area contributed by atoms with Crippen molar-refractivity contribution in [1.82, 2.24) is 0 Å². The van der Waals surface area contributed by atoms with Crippen molar-refractivity contribution in [2.75, 3.05) is 5.75 Å². The van der Waals surface area contributed by atoms with E-state index in [1.165, 1.54) is 0 Å². The van der Waals surface area contributed by atoms with Crippen LogP contribution in [0.5, 0.6) is 0 Å². The molecule has 3 heteroatoms. The molecule has 1 aromatic rings. The summed E-state index contributed by atoms with van der Waals surface area (Å²) in [6.07, 6.45) is 2.03. The fraction of sp³-hybridized carbons (Fsp3) is 0.300. The lowest BCUT2D eigenvalue weighted by Crippen LogP contribution is -1.86. The molecule has 0 aromatic heterocycles. The standard InChI is InChI=1S/C10H11BrOS/c1-2-5-13-10-6-9(11)4-3-8(10)7-12/h3-4,6-7H,2,5H2,1H3. The van der Waals surface area contributed by atoms with Crippen LogP contribution in [-0.4, -0.2) is 12.0 Å². The van der Waals surface area contributed by atoms with E-state index in [1.807, 2.05) is 18.2 Å². The van der Waals surface area contributed by atoms with E-state index in [4.69, 9.17) is 0 Å². The van der Waals surface area contributed by atoms with Gasteiger partial charge in [0.05, 0.1) is 0 Å². The van der Waals surface area contributed by atoms with Crippen LogP contribution in [0.15, 0.2) is 27.6 Å².